The Hall–Kier alpha value is -1.06. The third kappa shape index (κ3) is 9.99. The largest absolute Gasteiger partial charge is 0.490 e. The summed E-state index contributed by atoms with van der Waals surface area (Å²) in [5.41, 5.74) is 2.41. The number of nitrogens with one attached hydrogen (secondary N) is 2. The lowest BCUT2D eigenvalue weighted by molar-refractivity contribution is 0.136. The van der Waals surface area contributed by atoms with Crippen LogP contribution in [-0.2, 0) is 6.54 Å². The Labute approximate surface area is 218 Å². The molecule has 1 saturated heterocycles. The van der Waals surface area contributed by atoms with Gasteiger partial charge in [0.1, 0.15) is 5.75 Å². The molecule has 0 spiro atoms. The molecule has 0 aromatic heterocycles. The van der Waals surface area contributed by atoms with Crippen LogP contribution in [0.1, 0.15) is 63.5 Å². The smallest absolute Gasteiger partial charge is 0.191 e. The van der Waals surface area contributed by atoms with Crippen molar-refractivity contribution in [1.29, 1.82) is 0 Å². The van der Waals surface area contributed by atoms with Gasteiger partial charge in [0.25, 0.3) is 0 Å². The summed E-state index contributed by atoms with van der Waals surface area (Å²) >= 11 is 0. The maximum atomic E-state index is 6.35. The maximum Gasteiger partial charge on any atom is 0.191 e. The van der Waals surface area contributed by atoms with E-state index >= 15 is 0 Å². The van der Waals surface area contributed by atoms with Gasteiger partial charge in [0.2, 0.25) is 0 Å². The van der Waals surface area contributed by atoms with Gasteiger partial charge in [0.05, 0.1) is 12.6 Å². The second kappa shape index (κ2) is 15.8. The number of unbranched alkanes of at least 4 members (excludes halogenated alkanes) is 1. The molecular weight excluding hydrogens is 525 g/mol. The fourth-order valence-electron chi connectivity index (χ4n) is 4.59. The monoisotopic (exact) mass is 571 g/mol. The van der Waals surface area contributed by atoms with E-state index in [9.17, 15) is 0 Å². The molecule has 6 nitrogen and oxygen atoms in total. The van der Waals surface area contributed by atoms with Crippen molar-refractivity contribution < 1.29 is 4.74 Å². The zero-order valence-electron chi connectivity index (χ0n) is 21.1. The lowest BCUT2D eigenvalue weighted by Gasteiger charge is -2.34. The van der Waals surface area contributed by atoms with Crippen LogP contribution in [0.4, 0.5) is 0 Å². The Morgan fingerprint density at radius 2 is 1.76 bits per heavy atom. The minimum Gasteiger partial charge on any atom is -0.490 e. The second-order valence-corrected chi connectivity index (χ2v) is 9.24. The molecule has 3 rings (SSSR count). The van der Waals surface area contributed by atoms with Crippen molar-refractivity contribution in [2.45, 2.75) is 71.9 Å². The van der Waals surface area contributed by atoms with Crippen LogP contribution >= 0.6 is 24.0 Å². The van der Waals surface area contributed by atoms with Gasteiger partial charge in [-0.3, -0.25) is 0 Å². The fraction of sp³-hybridized carbons (Fsp3) is 0.731. The zero-order valence-corrected chi connectivity index (χ0v) is 23.4. The van der Waals surface area contributed by atoms with Crippen LogP contribution < -0.4 is 15.4 Å². The lowest BCUT2D eigenvalue weighted by Crippen LogP contribution is -2.46. The summed E-state index contributed by atoms with van der Waals surface area (Å²) in [5, 5.41) is 6.91. The van der Waals surface area contributed by atoms with Gasteiger partial charge in [-0.15, -0.1) is 24.0 Å². The predicted molar refractivity (Wildman–Crippen MR) is 150 cm³/mol. The molecule has 1 aromatic carbocycles. The molecule has 2 aliphatic rings. The van der Waals surface area contributed by atoms with Crippen molar-refractivity contribution in [3.05, 3.63) is 29.3 Å². The predicted octanol–water partition coefficient (Wildman–Crippen LogP) is 4.41. The summed E-state index contributed by atoms with van der Waals surface area (Å²) < 4.78 is 6.35. The van der Waals surface area contributed by atoms with E-state index in [1.165, 1.54) is 88.9 Å². The highest BCUT2D eigenvalue weighted by Gasteiger charge is 2.18. The van der Waals surface area contributed by atoms with E-state index in [2.05, 4.69) is 59.4 Å². The minimum absolute atomic E-state index is 0. The average Bonchev–Trinajstić information content (AvgIpc) is 3.31. The Kier molecular flexibility index (Phi) is 13.5. The third-order valence-electron chi connectivity index (χ3n) is 6.68. The highest BCUT2D eigenvalue weighted by molar-refractivity contribution is 14.0. The van der Waals surface area contributed by atoms with Crippen molar-refractivity contribution in [3.63, 3.8) is 0 Å². The first-order chi connectivity index (χ1) is 15.7. The van der Waals surface area contributed by atoms with Crippen molar-refractivity contribution in [3.8, 4) is 5.75 Å². The molecule has 0 radical (unpaired) electrons. The highest BCUT2D eigenvalue weighted by Crippen LogP contribution is 2.28. The second-order valence-electron chi connectivity index (χ2n) is 9.24. The van der Waals surface area contributed by atoms with E-state index in [1.54, 1.807) is 0 Å². The summed E-state index contributed by atoms with van der Waals surface area (Å²) in [6.45, 7) is 16.2. The molecule has 7 heteroatoms. The van der Waals surface area contributed by atoms with Crippen molar-refractivity contribution in [1.82, 2.24) is 20.4 Å². The number of rotatable bonds is 11. The molecule has 2 N–H and O–H groups in total. The van der Waals surface area contributed by atoms with Crippen molar-refractivity contribution >= 4 is 29.9 Å². The number of hydrogen-bond donors (Lipinski definition) is 2. The van der Waals surface area contributed by atoms with Gasteiger partial charge < -0.3 is 25.2 Å². The molecular formula is C26H46IN5O. The van der Waals surface area contributed by atoms with E-state index in [0.29, 0.717) is 12.6 Å². The molecule has 0 bridgehead atoms. The summed E-state index contributed by atoms with van der Waals surface area (Å²) in [6.07, 6.45) is 7.69. The number of aryl methyl sites for hydroxylation is 1. The number of ether oxygens (including phenoxy) is 1. The number of guanidine groups is 1. The molecule has 1 heterocycles. The maximum absolute atomic E-state index is 6.35. The molecule has 2 fully saturated rings. The molecule has 0 unspecified atom stereocenters. The molecule has 188 valence electrons. The van der Waals surface area contributed by atoms with E-state index in [-0.39, 0.29) is 24.0 Å². The number of benzene rings is 1. The average molecular weight is 572 g/mol. The lowest BCUT2D eigenvalue weighted by atomic mass is 10.1. The minimum atomic E-state index is 0. The van der Waals surface area contributed by atoms with Gasteiger partial charge in [0, 0.05) is 44.8 Å². The van der Waals surface area contributed by atoms with Crippen LogP contribution in [0, 0.1) is 6.92 Å². The summed E-state index contributed by atoms with van der Waals surface area (Å²) in [6, 6.07) is 6.50. The van der Waals surface area contributed by atoms with Gasteiger partial charge >= 0.3 is 0 Å². The van der Waals surface area contributed by atoms with Gasteiger partial charge in [-0.1, -0.05) is 19.1 Å². The van der Waals surface area contributed by atoms with Crippen LogP contribution in [0.3, 0.4) is 0 Å². The summed E-state index contributed by atoms with van der Waals surface area (Å²) in [4.78, 5) is 10.00. The number of hydrogen-bond acceptors (Lipinski definition) is 4. The zero-order chi connectivity index (χ0) is 22.6. The number of piperazine rings is 1. The van der Waals surface area contributed by atoms with Crippen LogP contribution in [-0.4, -0.2) is 74.2 Å². The topological polar surface area (TPSA) is 52.1 Å². The molecule has 1 saturated carbocycles. The summed E-state index contributed by atoms with van der Waals surface area (Å²) in [7, 11) is 0. The Balaban J connectivity index is 0.00000385. The number of likely N-dealkylation sites (N-methyl/N-ethyl adjacent to an activating group) is 1. The third-order valence-corrected chi connectivity index (χ3v) is 6.68. The van der Waals surface area contributed by atoms with E-state index < -0.39 is 0 Å². The molecule has 1 aliphatic heterocycles. The number of halogens is 1. The van der Waals surface area contributed by atoms with Gasteiger partial charge in [-0.2, -0.15) is 0 Å². The van der Waals surface area contributed by atoms with E-state index in [1.807, 2.05) is 0 Å². The van der Waals surface area contributed by atoms with Gasteiger partial charge in [-0.05, 0) is 77.1 Å². The van der Waals surface area contributed by atoms with Crippen LogP contribution in [0.25, 0.3) is 0 Å². The fourth-order valence-corrected chi connectivity index (χ4v) is 4.59. The first kappa shape index (κ1) is 28.2. The standard InChI is InChI=1S/C26H45N5O.HI/c1-4-27-26(28-14-8-9-15-31-18-16-30(5-2)17-19-31)29-21-23-13-12-22(3)20-25(23)32-24-10-6-7-11-24;/h12-13,20,24H,4-11,14-19,21H2,1-3H3,(H2,27,28,29);1H. The van der Waals surface area contributed by atoms with Crippen molar-refractivity contribution in [2.75, 3.05) is 52.4 Å². The molecule has 0 atom stereocenters. The Morgan fingerprint density at radius 1 is 1.03 bits per heavy atom. The number of aliphatic imine (C=N–C) groups is 1. The Morgan fingerprint density at radius 3 is 2.45 bits per heavy atom. The normalized spacial score (nSPS) is 18.2. The van der Waals surface area contributed by atoms with E-state index in [4.69, 9.17) is 9.73 Å². The first-order valence-electron chi connectivity index (χ1n) is 12.9. The first-order valence-corrected chi connectivity index (χ1v) is 12.9. The highest BCUT2D eigenvalue weighted by atomic mass is 127. The Bertz CT molecular complexity index is 700. The molecule has 0 amide bonds. The van der Waals surface area contributed by atoms with Crippen LogP contribution in [0.2, 0.25) is 0 Å². The van der Waals surface area contributed by atoms with Crippen LogP contribution in [0.15, 0.2) is 23.2 Å². The quantitative estimate of drug-likeness (QED) is 0.179. The summed E-state index contributed by atoms with van der Waals surface area (Å²) in [5.74, 6) is 1.91. The van der Waals surface area contributed by atoms with Gasteiger partial charge in [0.15, 0.2) is 5.96 Å². The van der Waals surface area contributed by atoms with Crippen LogP contribution in [0.5, 0.6) is 5.75 Å². The van der Waals surface area contributed by atoms with E-state index in [0.717, 1.165) is 24.8 Å². The van der Waals surface area contributed by atoms with Crippen molar-refractivity contribution in [2.24, 2.45) is 4.99 Å². The molecule has 33 heavy (non-hydrogen) atoms. The molecule has 1 aromatic rings. The molecule has 1 aliphatic carbocycles. The number of nitrogens with zero attached hydrogens (tertiary/aromatic N) is 3. The van der Waals surface area contributed by atoms with Gasteiger partial charge in [-0.25, -0.2) is 4.99 Å². The SMILES string of the molecule is CCNC(=NCc1ccc(C)cc1OC1CCCC1)NCCCCN1CCN(CC)CC1.I.